The van der Waals surface area contributed by atoms with Gasteiger partial charge in [0.2, 0.25) is 5.88 Å². The van der Waals surface area contributed by atoms with Gasteiger partial charge in [0, 0.05) is 33.7 Å². The number of hydrogen-bond acceptors (Lipinski definition) is 6. The zero-order valence-corrected chi connectivity index (χ0v) is 16.6. The van der Waals surface area contributed by atoms with E-state index in [0.29, 0.717) is 36.5 Å². The summed E-state index contributed by atoms with van der Waals surface area (Å²) < 4.78 is 24.4. The summed E-state index contributed by atoms with van der Waals surface area (Å²) in [6, 6.07) is 9.93. The molecular formula is C22H19FN2O3S. The molecule has 1 unspecified atom stereocenters. The topological polar surface area (TPSA) is 85.3 Å². The smallest absolute Gasteiger partial charge is 0.205 e. The second-order valence-electron chi connectivity index (χ2n) is 7.01. The minimum Gasteiger partial charge on any atom is -0.489 e. The highest BCUT2D eigenvalue weighted by atomic mass is 32.1. The number of hydrogen-bond donors (Lipinski definition) is 1. The highest BCUT2D eigenvalue weighted by Crippen LogP contribution is 2.45. The molecule has 7 heteroatoms. The Morgan fingerprint density at radius 1 is 1.34 bits per heavy atom. The Morgan fingerprint density at radius 2 is 2.10 bits per heavy atom. The maximum Gasteiger partial charge on any atom is 0.205 e. The number of ketones is 1. The molecule has 1 aromatic heterocycles. The van der Waals surface area contributed by atoms with Crippen LogP contribution in [0.1, 0.15) is 40.5 Å². The van der Waals surface area contributed by atoms with Crippen LogP contribution in [-0.4, -0.2) is 5.78 Å². The quantitative estimate of drug-likeness (QED) is 0.797. The lowest BCUT2D eigenvalue weighted by Crippen LogP contribution is -2.27. The van der Waals surface area contributed by atoms with Crippen LogP contribution in [0.4, 0.5) is 4.39 Å². The standard InChI is InChI=1S/C22H19FN2O3S/c1-12-13(11-27-15-7-5-14(23)6-8-15)9-19(29-12)20-16(10-24)22(25)28-18-4-2-3-17(26)21(18)20/h5-9,20H,2-4,11,25H2,1H3. The number of allylic oxidation sites excluding steroid dienone is 3. The van der Waals surface area contributed by atoms with Crippen molar-refractivity contribution in [1.29, 1.82) is 5.26 Å². The monoisotopic (exact) mass is 410 g/mol. The Labute approximate surface area is 171 Å². The average molecular weight is 410 g/mol. The lowest BCUT2D eigenvalue weighted by atomic mass is 9.80. The lowest BCUT2D eigenvalue weighted by molar-refractivity contribution is -0.116. The van der Waals surface area contributed by atoms with Crippen LogP contribution in [0.15, 0.2) is 53.1 Å². The molecule has 1 aliphatic carbocycles. The molecule has 0 saturated heterocycles. The van der Waals surface area contributed by atoms with E-state index in [1.165, 1.54) is 23.5 Å². The van der Waals surface area contributed by atoms with Crippen molar-refractivity contribution in [3.63, 3.8) is 0 Å². The number of aryl methyl sites for hydroxylation is 1. The molecule has 0 saturated carbocycles. The number of Topliss-reactive ketones (excluding diaryl/α,β-unsaturated/α-hetero) is 1. The summed E-state index contributed by atoms with van der Waals surface area (Å²) in [6.07, 6.45) is 1.81. The average Bonchev–Trinajstić information content (AvgIpc) is 3.07. The van der Waals surface area contributed by atoms with Crippen molar-refractivity contribution in [2.24, 2.45) is 5.73 Å². The highest BCUT2D eigenvalue weighted by Gasteiger charge is 2.38. The Bertz CT molecular complexity index is 1080. The van der Waals surface area contributed by atoms with Crippen LogP contribution >= 0.6 is 11.3 Å². The lowest BCUT2D eigenvalue weighted by Gasteiger charge is -2.30. The number of benzene rings is 1. The molecule has 0 spiro atoms. The van der Waals surface area contributed by atoms with E-state index in [-0.39, 0.29) is 23.1 Å². The summed E-state index contributed by atoms with van der Waals surface area (Å²) in [5.74, 6) is 0.407. The molecular weight excluding hydrogens is 391 g/mol. The van der Waals surface area contributed by atoms with E-state index >= 15 is 0 Å². The Kier molecular flexibility index (Phi) is 5.12. The van der Waals surface area contributed by atoms with Crippen LogP contribution in [0.2, 0.25) is 0 Å². The van der Waals surface area contributed by atoms with Gasteiger partial charge in [0.25, 0.3) is 0 Å². The first kappa shape index (κ1) is 19.2. The molecule has 1 aliphatic heterocycles. The van der Waals surface area contributed by atoms with Crippen LogP contribution in [0.5, 0.6) is 5.75 Å². The summed E-state index contributed by atoms with van der Waals surface area (Å²) in [7, 11) is 0. The molecule has 2 N–H and O–H groups in total. The van der Waals surface area contributed by atoms with E-state index < -0.39 is 5.92 Å². The van der Waals surface area contributed by atoms with Crippen LogP contribution in [-0.2, 0) is 16.1 Å². The van der Waals surface area contributed by atoms with Crippen LogP contribution in [0.25, 0.3) is 0 Å². The summed E-state index contributed by atoms with van der Waals surface area (Å²) in [5, 5.41) is 9.67. The molecule has 2 heterocycles. The van der Waals surface area contributed by atoms with E-state index in [0.717, 1.165) is 21.7 Å². The second kappa shape index (κ2) is 7.72. The molecule has 4 rings (SSSR count). The number of carbonyl (C=O) groups is 1. The fourth-order valence-corrected chi connectivity index (χ4v) is 4.82. The third kappa shape index (κ3) is 3.64. The summed E-state index contributed by atoms with van der Waals surface area (Å²) in [6.45, 7) is 2.27. The largest absolute Gasteiger partial charge is 0.489 e. The number of thiophene rings is 1. The maximum atomic E-state index is 13.1. The van der Waals surface area contributed by atoms with Gasteiger partial charge in [0.05, 0.1) is 5.92 Å². The van der Waals surface area contributed by atoms with Gasteiger partial charge in [-0.2, -0.15) is 5.26 Å². The molecule has 1 atom stereocenters. The molecule has 0 amide bonds. The zero-order valence-electron chi connectivity index (χ0n) is 15.8. The molecule has 1 aromatic carbocycles. The highest BCUT2D eigenvalue weighted by molar-refractivity contribution is 7.12. The molecule has 29 heavy (non-hydrogen) atoms. The van der Waals surface area contributed by atoms with Crippen molar-refractivity contribution in [2.75, 3.05) is 0 Å². The minimum atomic E-state index is -0.500. The van der Waals surface area contributed by atoms with E-state index in [4.69, 9.17) is 15.2 Å². The third-order valence-electron chi connectivity index (χ3n) is 5.14. The van der Waals surface area contributed by atoms with Crippen molar-refractivity contribution in [3.8, 4) is 11.8 Å². The van der Waals surface area contributed by atoms with Gasteiger partial charge in [-0.3, -0.25) is 4.79 Å². The summed E-state index contributed by atoms with van der Waals surface area (Å²) in [5.41, 5.74) is 7.77. The molecule has 0 fully saturated rings. The van der Waals surface area contributed by atoms with Gasteiger partial charge >= 0.3 is 0 Å². The Hall–Kier alpha value is -3.11. The third-order valence-corrected chi connectivity index (χ3v) is 6.29. The van der Waals surface area contributed by atoms with Crippen LogP contribution < -0.4 is 10.5 Å². The molecule has 2 aliphatic rings. The fraction of sp³-hybridized carbons (Fsp3) is 0.273. The number of rotatable bonds is 4. The SMILES string of the molecule is Cc1sc(C2C(C#N)=C(N)OC3=C2C(=O)CCC3)cc1COc1ccc(F)cc1. The van der Waals surface area contributed by atoms with Gasteiger partial charge in [0.1, 0.15) is 35.6 Å². The van der Waals surface area contributed by atoms with Crippen molar-refractivity contribution in [1.82, 2.24) is 0 Å². The number of nitriles is 1. The van der Waals surface area contributed by atoms with Crippen molar-refractivity contribution < 1.29 is 18.7 Å². The van der Waals surface area contributed by atoms with Gasteiger partial charge in [-0.25, -0.2) is 4.39 Å². The van der Waals surface area contributed by atoms with Crippen molar-refractivity contribution >= 4 is 17.1 Å². The van der Waals surface area contributed by atoms with E-state index in [1.807, 2.05) is 13.0 Å². The molecule has 148 valence electrons. The predicted octanol–water partition coefficient (Wildman–Crippen LogP) is 4.59. The summed E-state index contributed by atoms with van der Waals surface area (Å²) >= 11 is 1.51. The van der Waals surface area contributed by atoms with E-state index in [2.05, 4.69) is 6.07 Å². The molecule has 5 nitrogen and oxygen atoms in total. The second-order valence-corrected chi connectivity index (χ2v) is 8.30. The zero-order chi connectivity index (χ0) is 20.5. The first-order valence-corrected chi connectivity index (χ1v) is 10.1. The Balaban J connectivity index is 1.66. The first-order chi connectivity index (χ1) is 14.0. The molecule has 0 radical (unpaired) electrons. The maximum absolute atomic E-state index is 13.1. The number of nitrogens with zero attached hydrogens (tertiary/aromatic N) is 1. The van der Waals surface area contributed by atoms with Gasteiger partial charge in [-0.15, -0.1) is 11.3 Å². The predicted molar refractivity (Wildman–Crippen MR) is 106 cm³/mol. The molecule has 2 aromatic rings. The van der Waals surface area contributed by atoms with Gasteiger partial charge in [-0.05, 0) is 43.7 Å². The number of ether oxygens (including phenoxy) is 2. The van der Waals surface area contributed by atoms with Gasteiger partial charge in [0.15, 0.2) is 5.78 Å². The van der Waals surface area contributed by atoms with Crippen LogP contribution in [0.3, 0.4) is 0 Å². The number of nitrogens with two attached hydrogens (primary N) is 1. The van der Waals surface area contributed by atoms with E-state index in [1.54, 1.807) is 12.1 Å². The van der Waals surface area contributed by atoms with Crippen molar-refractivity contribution in [3.05, 3.63) is 74.3 Å². The minimum absolute atomic E-state index is 0.00617. The number of halogens is 1. The Morgan fingerprint density at radius 3 is 2.83 bits per heavy atom. The fourth-order valence-electron chi connectivity index (χ4n) is 3.66. The number of carbonyl (C=O) groups excluding carboxylic acids is 1. The summed E-state index contributed by atoms with van der Waals surface area (Å²) in [4.78, 5) is 14.5. The van der Waals surface area contributed by atoms with Crippen LogP contribution in [0, 0.1) is 24.1 Å². The van der Waals surface area contributed by atoms with Gasteiger partial charge in [-0.1, -0.05) is 0 Å². The molecule has 0 bridgehead atoms. The van der Waals surface area contributed by atoms with Crippen molar-refractivity contribution in [2.45, 2.75) is 38.7 Å². The van der Waals surface area contributed by atoms with Gasteiger partial charge < -0.3 is 15.2 Å². The normalized spacial score (nSPS) is 18.9. The first-order valence-electron chi connectivity index (χ1n) is 9.29. The van der Waals surface area contributed by atoms with E-state index in [9.17, 15) is 14.4 Å².